The van der Waals surface area contributed by atoms with Gasteiger partial charge in [-0.05, 0) is 156 Å². The zero-order valence-corrected chi connectivity index (χ0v) is 34.7. The van der Waals surface area contributed by atoms with Crippen molar-refractivity contribution in [1.29, 1.82) is 0 Å². The summed E-state index contributed by atoms with van der Waals surface area (Å²) in [5.74, 6) is 0. The highest BCUT2D eigenvalue weighted by Crippen LogP contribution is 2.61. The summed E-state index contributed by atoms with van der Waals surface area (Å²) < 4.78 is 0. The molecule has 0 bridgehead atoms. The maximum Gasteiger partial charge on any atom is -0.00134 e. The summed E-state index contributed by atoms with van der Waals surface area (Å²) in [5.41, 5.74) is 24.5. The molecule has 0 heteroatoms. The van der Waals surface area contributed by atoms with Crippen molar-refractivity contribution in [3.63, 3.8) is 0 Å². The van der Waals surface area contributed by atoms with Crippen LogP contribution >= 0.6 is 0 Å². The Bertz CT molecular complexity index is 3850. The average Bonchev–Trinajstić information content (AvgIpc) is 3.88. The van der Waals surface area contributed by atoms with Gasteiger partial charge in [-0.2, -0.15) is 0 Å². The summed E-state index contributed by atoms with van der Waals surface area (Å²) in [6.45, 7) is 2.24. The van der Waals surface area contributed by atoms with Crippen molar-refractivity contribution in [3.8, 4) is 100 Å². The van der Waals surface area contributed by atoms with E-state index < -0.39 is 0 Å². The van der Waals surface area contributed by atoms with Gasteiger partial charge in [0.05, 0.1) is 0 Å². The van der Waals surface area contributed by atoms with E-state index in [-0.39, 0.29) is 0 Å². The fraction of sp³-hybridized carbons (Fsp3) is 0.0159. The molecule has 63 heavy (non-hydrogen) atoms. The molecule has 0 unspecified atom stereocenters. The quantitative estimate of drug-likeness (QED) is 0.120. The van der Waals surface area contributed by atoms with E-state index in [1.165, 1.54) is 149 Å². The molecule has 12 aromatic carbocycles. The third-order valence-corrected chi connectivity index (χ3v) is 14.3. The lowest BCUT2D eigenvalue weighted by Gasteiger charge is -2.18. The first-order valence-corrected chi connectivity index (χ1v) is 22.1. The third kappa shape index (κ3) is 4.70. The number of hydrogen-bond donors (Lipinski definition) is 0. The van der Waals surface area contributed by atoms with Crippen LogP contribution in [0.1, 0.15) is 5.56 Å². The molecule has 0 atom stereocenters. The predicted molar refractivity (Wildman–Crippen MR) is 268 cm³/mol. The van der Waals surface area contributed by atoms with Gasteiger partial charge in [-0.1, -0.05) is 212 Å². The van der Waals surface area contributed by atoms with Gasteiger partial charge in [0.2, 0.25) is 0 Å². The Balaban J connectivity index is 1.07. The van der Waals surface area contributed by atoms with E-state index in [9.17, 15) is 0 Å². The monoisotopic (exact) mass is 794 g/mol. The molecule has 0 aromatic heterocycles. The number of fused-ring (bicyclic) bond motifs is 8. The summed E-state index contributed by atoms with van der Waals surface area (Å²) in [6, 6.07) is 79.5. The van der Waals surface area contributed by atoms with Gasteiger partial charge in [-0.3, -0.25) is 0 Å². The van der Waals surface area contributed by atoms with Gasteiger partial charge in [0.15, 0.2) is 0 Å². The molecule has 2 aliphatic carbocycles. The van der Waals surface area contributed by atoms with Crippen LogP contribution in [-0.4, -0.2) is 0 Å². The summed E-state index contributed by atoms with van der Waals surface area (Å²) >= 11 is 0. The Morgan fingerprint density at radius 3 is 0.921 bits per heavy atom. The van der Waals surface area contributed by atoms with Gasteiger partial charge in [0.1, 0.15) is 0 Å². The molecule has 0 spiro atoms. The standard InChI is InChI=1S/C63H38/c1-37-15-11-12-22-41(37)46-27-25-43(39-18-7-3-8-19-39)56-52-33-29-48-51-32-36-55-61-47(45-24-14-13-23-42(45)38-16-5-2-6-17-38)28-26-44(40-20-9-4-10-21-40)57(61)53-34-30-49(59(51)63(53)55)50-31-35-54(60(46)56)62(52)58(48)50/h2-36H,1H3. The highest BCUT2D eigenvalue weighted by Gasteiger charge is 2.33. The van der Waals surface area contributed by atoms with Crippen molar-refractivity contribution in [1.82, 2.24) is 0 Å². The number of aryl methyl sites for hydroxylation is 1. The van der Waals surface area contributed by atoms with Crippen molar-refractivity contribution in [2.75, 3.05) is 0 Å². The highest BCUT2D eigenvalue weighted by molar-refractivity contribution is 6.41. The smallest absolute Gasteiger partial charge is 0.00134 e. The van der Waals surface area contributed by atoms with Crippen LogP contribution in [0, 0.1) is 6.92 Å². The molecule has 0 nitrogen and oxygen atoms in total. The van der Waals surface area contributed by atoms with Gasteiger partial charge in [0, 0.05) is 0 Å². The second-order valence-corrected chi connectivity index (χ2v) is 17.4. The number of hydrogen-bond acceptors (Lipinski definition) is 0. The Labute approximate surface area is 366 Å². The van der Waals surface area contributed by atoms with Gasteiger partial charge in [0.25, 0.3) is 0 Å². The van der Waals surface area contributed by atoms with Crippen LogP contribution < -0.4 is 0 Å². The topological polar surface area (TPSA) is 0 Å². The second kappa shape index (κ2) is 13.0. The first-order chi connectivity index (χ1) is 31.2. The third-order valence-electron chi connectivity index (χ3n) is 14.3. The Morgan fingerprint density at radius 2 is 0.492 bits per heavy atom. The molecular formula is C63H38. The highest BCUT2D eigenvalue weighted by atomic mass is 14.4. The molecular weight excluding hydrogens is 757 g/mol. The van der Waals surface area contributed by atoms with E-state index in [1.807, 2.05) is 0 Å². The summed E-state index contributed by atoms with van der Waals surface area (Å²) in [5, 5.41) is 10.7. The fourth-order valence-electron chi connectivity index (χ4n) is 11.7. The number of benzene rings is 12. The van der Waals surface area contributed by atoms with Gasteiger partial charge >= 0.3 is 0 Å². The minimum atomic E-state index is 1.23. The molecule has 0 aliphatic heterocycles. The van der Waals surface area contributed by atoms with E-state index in [4.69, 9.17) is 0 Å². The Kier molecular flexibility index (Phi) is 7.13. The molecule has 0 saturated heterocycles. The van der Waals surface area contributed by atoms with Crippen LogP contribution in [0.25, 0.3) is 143 Å². The molecule has 2 aliphatic rings. The molecule has 0 amide bonds. The van der Waals surface area contributed by atoms with Gasteiger partial charge in [-0.15, -0.1) is 0 Å². The van der Waals surface area contributed by atoms with Crippen LogP contribution in [0.15, 0.2) is 212 Å². The van der Waals surface area contributed by atoms with Crippen LogP contribution in [-0.2, 0) is 0 Å². The van der Waals surface area contributed by atoms with E-state index in [0.29, 0.717) is 0 Å². The van der Waals surface area contributed by atoms with E-state index >= 15 is 0 Å². The maximum absolute atomic E-state index is 2.44. The van der Waals surface area contributed by atoms with Gasteiger partial charge < -0.3 is 0 Å². The van der Waals surface area contributed by atoms with Crippen LogP contribution in [0.3, 0.4) is 0 Å². The second-order valence-electron chi connectivity index (χ2n) is 17.4. The Hall–Kier alpha value is -8.06. The van der Waals surface area contributed by atoms with Crippen molar-refractivity contribution in [2.45, 2.75) is 6.92 Å². The van der Waals surface area contributed by atoms with Crippen LogP contribution in [0.5, 0.6) is 0 Å². The first kappa shape index (κ1) is 34.6. The maximum atomic E-state index is 2.44. The Morgan fingerprint density at radius 1 is 0.190 bits per heavy atom. The minimum Gasteiger partial charge on any atom is -0.0622 e. The van der Waals surface area contributed by atoms with E-state index in [0.717, 1.165) is 0 Å². The number of rotatable bonds is 5. The lowest BCUT2D eigenvalue weighted by molar-refractivity contribution is 1.46. The molecule has 0 N–H and O–H groups in total. The largest absolute Gasteiger partial charge is 0.0622 e. The molecule has 14 rings (SSSR count). The fourth-order valence-corrected chi connectivity index (χ4v) is 11.7. The minimum absolute atomic E-state index is 1.23. The molecule has 0 fully saturated rings. The van der Waals surface area contributed by atoms with Crippen molar-refractivity contribution >= 4 is 43.1 Å². The van der Waals surface area contributed by atoms with Gasteiger partial charge in [-0.25, -0.2) is 0 Å². The zero-order chi connectivity index (χ0) is 41.3. The first-order valence-electron chi connectivity index (χ1n) is 22.1. The predicted octanol–water partition coefficient (Wildman–Crippen LogP) is 17.7. The van der Waals surface area contributed by atoms with Crippen molar-refractivity contribution in [2.24, 2.45) is 0 Å². The summed E-state index contributed by atoms with van der Waals surface area (Å²) in [4.78, 5) is 0. The van der Waals surface area contributed by atoms with Crippen molar-refractivity contribution < 1.29 is 0 Å². The normalized spacial score (nSPS) is 12.2. The van der Waals surface area contributed by atoms with E-state index in [2.05, 4.69) is 219 Å². The lowest BCUT2D eigenvalue weighted by Crippen LogP contribution is -1.91. The molecule has 12 aromatic rings. The molecule has 290 valence electrons. The van der Waals surface area contributed by atoms with Crippen molar-refractivity contribution in [3.05, 3.63) is 218 Å². The van der Waals surface area contributed by atoms with Crippen LogP contribution in [0.4, 0.5) is 0 Å². The SMILES string of the molecule is Cc1ccccc1-c1ccc(-c2ccccc2)c2c1-c1ccc3c4ccc5c6c(ccc(c7ccc-2c1c37)c64)-c1c(-c2ccccc2-c2ccccc2)ccc(-c2ccccc2)c1-5. The molecule has 0 saturated carbocycles. The van der Waals surface area contributed by atoms with E-state index in [1.54, 1.807) is 0 Å². The average molecular weight is 795 g/mol. The van der Waals surface area contributed by atoms with Crippen LogP contribution in [0.2, 0.25) is 0 Å². The summed E-state index contributed by atoms with van der Waals surface area (Å²) in [6.07, 6.45) is 0. The summed E-state index contributed by atoms with van der Waals surface area (Å²) in [7, 11) is 0. The molecule has 0 radical (unpaired) electrons. The molecule has 0 heterocycles. The lowest BCUT2D eigenvalue weighted by atomic mass is 9.85. The zero-order valence-electron chi connectivity index (χ0n) is 34.7.